The summed E-state index contributed by atoms with van der Waals surface area (Å²) in [7, 11) is 3.86. The Labute approximate surface area is 84.0 Å². The van der Waals surface area contributed by atoms with Crippen molar-refractivity contribution in [3.63, 3.8) is 0 Å². The molecule has 0 aromatic rings. The normalized spacial score (nSPS) is 17.9. The average molecular weight is 199 g/mol. The Morgan fingerprint density at radius 2 is 2.00 bits per heavy atom. The zero-order chi connectivity index (χ0) is 10.9. The van der Waals surface area contributed by atoms with Crippen molar-refractivity contribution in [2.75, 3.05) is 27.2 Å². The van der Waals surface area contributed by atoms with E-state index in [1.165, 1.54) is 4.90 Å². The van der Waals surface area contributed by atoms with Crippen LogP contribution in [0.4, 0.5) is 4.79 Å². The number of carbonyl (C=O) groups excluding carboxylic acids is 2. The monoisotopic (exact) mass is 199 g/mol. The van der Waals surface area contributed by atoms with E-state index in [0.29, 0.717) is 6.54 Å². The molecule has 5 heteroatoms. The molecule has 0 atom stereocenters. The molecular formula is C9H17N3O2. The van der Waals surface area contributed by atoms with Gasteiger partial charge < -0.3 is 10.2 Å². The lowest BCUT2D eigenvalue weighted by Crippen LogP contribution is -2.50. The van der Waals surface area contributed by atoms with Gasteiger partial charge in [-0.25, -0.2) is 4.79 Å². The number of hydrogen-bond acceptors (Lipinski definition) is 3. The third kappa shape index (κ3) is 2.04. The summed E-state index contributed by atoms with van der Waals surface area (Å²) in [6.07, 6.45) is 0. The van der Waals surface area contributed by atoms with Crippen molar-refractivity contribution in [2.45, 2.75) is 19.4 Å². The van der Waals surface area contributed by atoms with Gasteiger partial charge in [0, 0.05) is 12.1 Å². The van der Waals surface area contributed by atoms with Crippen molar-refractivity contribution in [3.05, 3.63) is 0 Å². The topological polar surface area (TPSA) is 52.6 Å². The quantitative estimate of drug-likeness (QED) is 0.645. The van der Waals surface area contributed by atoms with E-state index in [1.807, 2.05) is 32.8 Å². The summed E-state index contributed by atoms with van der Waals surface area (Å²) >= 11 is 0. The van der Waals surface area contributed by atoms with E-state index in [2.05, 4.69) is 5.32 Å². The lowest BCUT2D eigenvalue weighted by molar-refractivity contribution is -0.126. The summed E-state index contributed by atoms with van der Waals surface area (Å²) < 4.78 is 0. The molecule has 1 rings (SSSR count). The first-order valence-corrected chi connectivity index (χ1v) is 4.60. The molecule has 0 bridgehead atoms. The van der Waals surface area contributed by atoms with Crippen LogP contribution < -0.4 is 5.32 Å². The van der Waals surface area contributed by atoms with Crippen molar-refractivity contribution in [1.29, 1.82) is 0 Å². The number of carbonyl (C=O) groups is 2. The molecule has 1 aliphatic heterocycles. The van der Waals surface area contributed by atoms with E-state index in [-0.39, 0.29) is 24.0 Å². The SMILES string of the molecule is CN(C)C(C)(C)CN1C(=O)CNC1=O. The van der Waals surface area contributed by atoms with Gasteiger partial charge in [-0.15, -0.1) is 0 Å². The molecule has 0 unspecified atom stereocenters. The number of likely N-dealkylation sites (N-methyl/N-ethyl adjacent to an activating group) is 1. The van der Waals surface area contributed by atoms with Crippen LogP contribution in [-0.4, -0.2) is 54.5 Å². The summed E-state index contributed by atoms with van der Waals surface area (Å²) in [4.78, 5) is 25.8. The molecule has 1 fully saturated rings. The van der Waals surface area contributed by atoms with Gasteiger partial charge in [-0.05, 0) is 27.9 Å². The van der Waals surface area contributed by atoms with Gasteiger partial charge in [0.05, 0.1) is 6.54 Å². The number of nitrogens with one attached hydrogen (secondary N) is 1. The van der Waals surface area contributed by atoms with Crippen LogP contribution in [0.25, 0.3) is 0 Å². The van der Waals surface area contributed by atoms with Crippen molar-refractivity contribution in [1.82, 2.24) is 15.1 Å². The van der Waals surface area contributed by atoms with E-state index in [1.54, 1.807) is 0 Å². The van der Waals surface area contributed by atoms with Crippen LogP contribution in [-0.2, 0) is 4.79 Å². The highest BCUT2D eigenvalue weighted by Crippen LogP contribution is 2.14. The molecule has 5 nitrogen and oxygen atoms in total. The third-order valence-corrected chi connectivity index (χ3v) is 2.69. The minimum absolute atomic E-state index is 0.127. The Kier molecular flexibility index (Phi) is 2.80. The lowest BCUT2D eigenvalue weighted by atomic mass is 10.0. The number of urea groups is 1. The number of rotatable bonds is 3. The molecular weight excluding hydrogens is 182 g/mol. The molecule has 3 amide bonds. The molecule has 1 heterocycles. The minimum Gasteiger partial charge on any atom is -0.329 e. The predicted molar refractivity (Wildman–Crippen MR) is 52.9 cm³/mol. The Bertz CT molecular complexity index is 245. The van der Waals surface area contributed by atoms with Gasteiger partial charge in [0.15, 0.2) is 0 Å². The molecule has 0 spiro atoms. The second-order valence-corrected chi connectivity index (χ2v) is 4.35. The highest BCUT2D eigenvalue weighted by Gasteiger charge is 2.34. The fourth-order valence-electron chi connectivity index (χ4n) is 1.14. The summed E-state index contributed by atoms with van der Waals surface area (Å²) in [5, 5.41) is 2.50. The van der Waals surface area contributed by atoms with Crippen LogP contribution in [0.2, 0.25) is 0 Å². The standard InChI is InChI=1S/C9H17N3O2/c1-9(2,11(3)4)6-12-7(13)5-10-8(12)14/h5-6H2,1-4H3,(H,10,14). The zero-order valence-corrected chi connectivity index (χ0v) is 9.13. The van der Waals surface area contributed by atoms with Crippen molar-refractivity contribution >= 4 is 11.9 Å². The fourth-order valence-corrected chi connectivity index (χ4v) is 1.14. The smallest absolute Gasteiger partial charge is 0.324 e. The maximum absolute atomic E-state index is 11.3. The maximum Gasteiger partial charge on any atom is 0.324 e. The Balaban J connectivity index is 2.68. The molecule has 1 N–H and O–H groups in total. The maximum atomic E-state index is 11.3. The van der Waals surface area contributed by atoms with Crippen molar-refractivity contribution in [2.24, 2.45) is 0 Å². The molecule has 0 radical (unpaired) electrons. The van der Waals surface area contributed by atoms with Gasteiger partial charge in [-0.1, -0.05) is 0 Å². The van der Waals surface area contributed by atoms with Crippen LogP contribution in [0.15, 0.2) is 0 Å². The Hall–Kier alpha value is -1.10. The molecule has 0 aliphatic carbocycles. The molecule has 0 aromatic carbocycles. The van der Waals surface area contributed by atoms with Gasteiger partial charge >= 0.3 is 6.03 Å². The summed E-state index contributed by atoms with van der Waals surface area (Å²) in [6.45, 7) is 4.53. The first-order chi connectivity index (χ1) is 6.34. The van der Waals surface area contributed by atoms with Gasteiger partial charge in [-0.3, -0.25) is 9.69 Å². The van der Waals surface area contributed by atoms with Gasteiger partial charge in [-0.2, -0.15) is 0 Å². The molecule has 0 aromatic heterocycles. The molecule has 1 saturated heterocycles. The summed E-state index contributed by atoms with van der Waals surface area (Å²) in [5.74, 6) is -0.148. The largest absolute Gasteiger partial charge is 0.329 e. The van der Waals surface area contributed by atoms with Crippen molar-refractivity contribution in [3.8, 4) is 0 Å². The van der Waals surface area contributed by atoms with E-state index >= 15 is 0 Å². The Morgan fingerprint density at radius 1 is 1.43 bits per heavy atom. The third-order valence-electron chi connectivity index (χ3n) is 2.69. The summed E-state index contributed by atoms with van der Waals surface area (Å²) in [6, 6.07) is -0.287. The summed E-state index contributed by atoms with van der Waals surface area (Å²) in [5.41, 5.74) is -0.197. The fraction of sp³-hybridized carbons (Fsp3) is 0.778. The highest BCUT2D eigenvalue weighted by molar-refractivity contribution is 6.02. The van der Waals surface area contributed by atoms with E-state index in [0.717, 1.165) is 0 Å². The van der Waals surface area contributed by atoms with Crippen LogP contribution >= 0.6 is 0 Å². The van der Waals surface area contributed by atoms with Gasteiger partial charge in [0.1, 0.15) is 0 Å². The van der Waals surface area contributed by atoms with E-state index in [4.69, 9.17) is 0 Å². The van der Waals surface area contributed by atoms with E-state index < -0.39 is 0 Å². The van der Waals surface area contributed by atoms with Crippen LogP contribution in [0.5, 0.6) is 0 Å². The van der Waals surface area contributed by atoms with Gasteiger partial charge in [0.25, 0.3) is 0 Å². The molecule has 14 heavy (non-hydrogen) atoms. The minimum atomic E-state index is -0.287. The number of nitrogens with zero attached hydrogens (tertiary/aromatic N) is 2. The number of hydrogen-bond donors (Lipinski definition) is 1. The first-order valence-electron chi connectivity index (χ1n) is 4.60. The number of amides is 3. The Morgan fingerprint density at radius 3 is 2.36 bits per heavy atom. The van der Waals surface area contributed by atoms with Crippen LogP contribution in [0.1, 0.15) is 13.8 Å². The lowest BCUT2D eigenvalue weighted by Gasteiger charge is -2.34. The highest BCUT2D eigenvalue weighted by atomic mass is 16.2. The average Bonchev–Trinajstić information content (AvgIpc) is 2.35. The van der Waals surface area contributed by atoms with Crippen molar-refractivity contribution < 1.29 is 9.59 Å². The molecule has 80 valence electrons. The number of imide groups is 1. The molecule has 1 aliphatic rings. The first kappa shape index (κ1) is 11.0. The van der Waals surface area contributed by atoms with Crippen LogP contribution in [0, 0.1) is 0 Å². The second kappa shape index (κ2) is 3.57. The zero-order valence-electron chi connectivity index (χ0n) is 9.13. The second-order valence-electron chi connectivity index (χ2n) is 4.35. The predicted octanol–water partition coefficient (Wildman–Crippen LogP) is -0.122. The van der Waals surface area contributed by atoms with Crippen LogP contribution in [0.3, 0.4) is 0 Å². The van der Waals surface area contributed by atoms with Gasteiger partial charge in [0.2, 0.25) is 5.91 Å². The van der Waals surface area contributed by atoms with E-state index in [9.17, 15) is 9.59 Å². The molecule has 0 saturated carbocycles.